The molecule has 7 nitrogen and oxygen atoms in total. The SMILES string of the molecule is Cc1ncc(C(=O)NC(Cc2ccccc2)C(=O)C(N)=O)n1Cc1ccccc1. The number of nitrogens with zero attached hydrogens (tertiary/aromatic N) is 2. The first kappa shape index (κ1) is 20.0. The molecule has 1 heterocycles. The third-order valence-corrected chi connectivity index (χ3v) is 4.62. The lowest BCUT2D eigenvalue weighted by Crippen LogP contribution is -2.47. The summed E-state index contributed by atoms with van der Waals surface area (Å²) in [6, 6.07) is 17.7. The van der Waals surface area contributed by atoms with E-state index in [0.717, 1.165) is 11.1 Å². The minimum atomic E-state index is -1.08. The van der Waals surface area contributed by atoms with Gasteiger partial charge in [-0.2, -0.15) is 0 Å². The van der Waals surface area contributed by atoms with E-state index in [1.54, 1.807) is 11.5 Å². The Balaban J connectivity index is 1.82. The molecular weight excluding hydrogens is 368 g/mol. The van der Waals surface area contributed by atoms with Crippen LogP contribution in [0.5, 0.6) is 0 Å². The minimum absolute atomic E-state index is 0.167. The molecule has 29 heavy (non-hydrogen) atoms. The highest BCUT2D eigenvalue weighted by Gasteiger charge is 2.27. The highest BCUT2D eigenvalue weighted by Crippen LogP contribution is 2.11. The number of ketones is 1. The van der Waals surface area contributed by atoms with Crippen molar-refractivity contribution in [1.82, 2.24) is 14.9 Å². The number of hydrogen-bond donors (Lipinski definition) is 2. The third-order valence-electron chi connectivity index (χ3n) is 4.62. The van der Waals surface area contributed by atoms with Crippen LogP contribution in [0.1, 0.15) is 27.4 Å². The first-order chi connectivity index (χ1) is 14.0. The molecule has 0 spiro atoms. The van der Waals surface area contributed by atoms with Gasteiger partial charge in [0.2, 0.25) is 5.78 Å². The largest absolute Gasteiger partial charge is 0.363 e. The summed E-state index contributed by atoms with van der Waals surface area (Å²) in [4.78, 5) is 40.9. The van der Waals surface area contributed by atoms with Crippen molar-refractivity contribution in [2.75, 3.05) is 0 Å². The number of hydrogen-bond acceptors (Lipinski definition) is 4. The molecule has 0 saturated heterocycles. The molecule has 148 valence electrons. The van der Waals surface area contributed by atoms with E-state index in [1.807, 2.05) is 60.7 Å². The first-order valence-electron chi connectivity index (χ1n) is 9.20. The van der Waals surface area contributed by atoms with Crippen molar-refractivity contribution in [3.8, 4) is 0 Å². The first-order valence-corrected chi connectivity index (χ1v) is 9.20. The average Bonchev–Trinajstić information content (AvgIpc) is 3.08. The summed E-state index contributed by atoms with van der Waals surface area (Å²) in [6.07, 6.45) is 1.63. The molecule has 0 bridgehead atoms. The van der Waals surface area contributed by atoms with Crippen LogP contribution >= 0.6 is 0 Å². The Kier molecular flexibility index (Phi) is 6.19. The number of nitrogens with two attached hydrogens (primary N) is 1. The van der Waals surface area contributed by atoms with Gasteiger partial charge in [-0.1, -0.05) is 60.7 Å². The second-order valence-corrected chi connectivity index (χ2v) is 6.71. The lowest BCUT2D eigenvalue weighted by atomic mass is 10.0. The van der Waals surface area contributed by atoms with Gasteiger partial charge in [-0.15, -0.1) is 0 Å². The van der Waals surface area contributed by atoms with E-state index in [4.69, 9.17) is 5.73 Å². The van der Waals surface area contributed by atoms with Crippen LogP contribution in [-0.2, 0) is 22.6 Å². The van der Waals surface area contributed by atoms with Gasteiger partial charge >= 0.3 is 0 Å². The fourth-order valence-corrected chi connectivity index (χ4v) is 3.08. The van der Waals surface area contributed by atoms with Gasteiger partial charge in [-0.05, 0) is 18.1 Å². The zero-order valence-electron chi connectivity index (χ0n) is 16.0. The Morgan fingerprint density at radius 3 is 2.17 bits per heavy atom. The molecule has 0 aliphatic carbocycles. The van der Waals surface area contributed by atoms with Crippen molar-refractivity contribution in [2.45, 2.75) is 25.9 Å². The van der Waals surface area contributed by atoms with Crippen LogP contribution in [0.4, 0.5) is 0 Å². The predicted octanol–water partition coefficient (Wildman–Crippen LogP) is 1.64. The van der Waals surface area contributed by atoms with Crippen molar-refractivity contribution < 1.29 is 14.4 Å². The molecule has 7 heteroatoms. The Morgan fingerprint density at radius 1 is 1.00 bits per heavy atom. The van der Waals surface area contributed by atoms with Crippen molar-refractivity contribution in [3.63, 3.8) is 0 Å². The van der Waals surface area contributed by atoms with Gasteiger partial charge in [0.1, 0.15) is 17.6 Å². The topological polar surface area (TPSA) is 107 Å². The lowest BCUT2D eigenvalue weighted by molar-refractivity contribution is -0.137. The summed E-state index contributed by atoms with van der Waals surface area (Å²) in [5, 5.41) is 2.65. The van der Waals surface area contributed by atoms with Gasteiger partial charge < -0.3 is 15.6 Å². The second-order valence-electron chi connectivity index (χ2n) is 6.71. The number of nitrogens with one attached hydrogen (secondary N) is 1. The van der Waals surface area contributed by atoms with E-state index < -0.39 is 23.6 Å². The Hall–Kier alpha value is -3.74. The molecular formula is C22H22N4O3. The molecule has 1 aromatic heterocycles. The Morgan fingerprint density at radius 2 is 1.59 bits per heavy atom. The number of benzene rings is 2. The number of imidazole rings is 1. The standard InChI is InChI=1S/C22H22N4O3/c1-15-24-13-19(26(15)14-17-10-6-3-7-11-17)22(29)25-18(20(27)21(23)28)12-16-8-4-2-5-9-16/h2-11,13,18H,12,14H2,1H3,(H2,23,28)(H,25,29). The van der Waals surface area contributed by atoms with Crippen LogP contribution in [0.25, 0.3) is 0 Å². The minimum Gasteiger partial charge on any atom is -0.363 e. The molecule has 3 N–H and O–H groups in total. The zero-order chi connectivity index (χ0) is 20.8. The van der Waals surface area contributed by atoms with Gasteiger partial charge in [-0.3, -0.25) is 14.4 Å². The smallest absolute Gasteiger partial charge is 0.287 e. The van der Waals surface area contributed by atoms with Crippen LogP contribution in [0.3, 0.4) is 0 Å². The van der Waals surface area contributed by atoms with Gasteiger partial charge in [0.15, 0.2) is 0 Å². The van der Waals surface area contributed by atoms with Crippen LogP contribution in [-0.4, -0.2) is 33.2 Å². The maximum Gasteiger partial charge on any atom is 0.287 e. The summed E-state index contributed by atoms with van der Waals surface area (Å²) in [5.74, 6) is -1.75. The maximum atomic E-state index is 12.9. The van der Waals surface area contributed by atoms with E-state index in [1.165, 1.54) is 6.20 Å². The molecule has 2 amide bonds. The van der Waals surface area contributed by atoms with Crippen LogP contribution < -0.4 is 11.1 Å². The lowest BCUT2D eigenvalue weighted by Gasteiger charge is -2.17. The molecule has 0 aliphatic heterocycles. The highest BCUT2D eigenvalue weighted by molar-refractivity contribution is 6.38. The molecule has 2 aromatic carbocycles. The van der Waals surface area contributed by atoms with Gasteiger partial charge in [0.25, 0.3) is 11.8 Å². The number of primary amides is 1. The molecule has 1 atom stereocenters. The van der Waals surface area contributed by atoms with Gasteiger partial charge in [0.05, 0.1) is 6.20 Å². The molecule has 1 unspecified atom stereocenters. The van der Waals surface area contributed by atoms with E-state index >= 15 is 0 Å². The Labute approximate surface area is 168 Å². The maximum absolute atomic E-state index is 12.9. The number of carbonyl (C=O) groups excluding carboxylic acids is 3. The highest BCUT2D eigenvalue weighted by atomic mass is 16.2. The molecule has 0 radical (unpaired) electrons. The fourth-order valence-electron chi connectivity index (χ4n) is 3.08. The number of amides is 2. The van der Waals surface area contributed by atoms with E-state index in [-0.39, 0.29) is 6.42 Å². The van der Waals surface area contributed by atoms with Crippen molar-refractivity contribution in [3.05, 3.63) is 89.5 Å². The average molecular weight is 390 g/mol. The van der Waals surface area contributed by atoms with E-state index in [2.05, 4.69) is 10.3 Å². The number of Topliss-reactive ketones (excluding diaryl/α,β-unsaturated/α-hetero) is 1. The summed E-state index contributed by atoms with van der Waals surface area (Å²) < 4.78 is 1.76. The summed E-state index contributed by atoms with van der Waals surface area (Å²) in [6.45, 7) is 2.26. The van der Waals surface area contributed by atoms with Gasteiger partial charge in [-0.25, -0.2) is 4.98 Å². The van der Waals surface area contributed by atoms with E-state index in [0.29, 0.717) is 18.1 Å². The third kappa shape index (κ3) is 4.95. The van der Waals surface area contributed by atoms with Crippen molar-refractivity contribution >= 4 is 17.6 Å². The van der Waals surface area contributed by atoms with Crippen molar-refractivity contribution in [1.29, 1.82) is 0 Å². The molecule has 3 rings (SSSR count). The van der Waals surface area contributed by atoms with Crippen LogP contribution in [0.15, 0.2) is 66.9 Å². The zero-order valence-corrected chi connectivity index (χ0v) is 16.0. The monoisotopic (exact) mass is 390 g/mol. The summed E-state index contributed by atoms with van der Waals surface area (Å²) in [7, 11) is 0. The fraction of sp³-hybridized carbons (Fsp3) is 0.182. The summed E-state index contributed by atoms with van der Waals surface area (Å²) >= 11 is 0. The molecule has 0 aliphatic rings. The van der Waals surface area contributed by atoms with Crippen LogP contribution in [0, 0.1) is 6.92 Å². The second kappa shape index (κ2) is 8.97. The van der Waals surface area contributed by atoms with Crippen molar-refractivity contribution in [2.24, 2.45) is 5.73 Å². The number of carbonyl (C=O) groups is 3. The normalized spacial score (nSPS) is 11.6. The van der Waals surface area contributed by atoms with Gasteiger partial charge in [0, 0.05) is 13.0 Å². The summed E-state index contributed by atoms with van der Waals surface area (Å²) in [5.41, 5.74) is 7.31. The number of aromatic nitrogens is 2. The molecule has 0 fully saturated rings. The molecule has 3 aromatic rings. The number of aryl methyl sites for hydroxylation is 1. The van der Waals surface area contributed by atoms with E-state index in [9.17, 15) is 14.4 Å². The molecule has 0 saturated carbocycles. The van der Waals surface area contributed by atoms with Crippen LogP contribution in [0.2, 0.25) is 0 Å². The quantitative estimate of drug-likeness (QED) is 0.570. The predicted molar refractivity (Wildman–Crippen MR) is 108 cm³/mol. The Bertz CT molecular complexity index is 1010. The number of rotatable bonds is 8.